The van der Waals surface area contributed by atoms with E-state index in [4.69, 9.17) is 4.43 Å². The van der Waals surface area contributed by atoms with Gasteiger partial charge in [-0.1, -0.05) is 51.8 Å². The van der Waals surface area contributed by atoms with E-state index >= 15 is 0 Å². The smallest absolute Gasteiger partial charge is 0.452 e. The van der Waals surface area contributed by atoms with Crippen LogP contribution in [0.4, 0.5) is 9.59 Å². The van der Waals surface area contributed by atoms with Gasteiger partial charge in [0.25, 0.3) is 8.32 Å². The molecule has 0 heterocycles. The lowest BCUT2D eigenvalue weighted by Gasteiger charge is -2.34. The fraction of sp³-hybridized carbons (Fsp3) is 0.875. The molecule has 0 N–H and O–H groups in total. The molecule has 23 heavy (non-hydrogen) atoms. The van der Waals surface area contributed by atoms with Crippen molar-refractivity contribution < 1.29 is 18.8 Å². The number of nitrogens with zero attached hydrogens (tertiary/aromatic N) is 2. The lowest BCUT2D eigenvalue weighted by molar-refractivity contribution is 0.160. The van der Waals surface area contributed by atoms with Gasteiger partial charge in [-0.15, -0.1) is 0 Å². The molecule has 0 aliphatic carbocycles. The van der Waals surface area contributed by atoms with E-state index < -0.39 is 20.5 Å². The Morgan fingerprint density at radius 1 is 0.826 bits per heavy atom. The maximum Gasteiger partial charge on any atom is 0.452 e. The van der Waals surface area contributed by atoms with Crippen molar-refractivity contribution in [3.05, 3.63) is 0 Å². The quantitative estimate of drug-likeness (QED) is 0.421. The first-order valence-corrected chi connectivity index (χ1v) is 10.9. The van der Waals surface area contributed by atoms with Crippen LogP contribution in [0.2, 0.25) is 18.1 Å². The van der Waals surface area contributed by atoms with E-state index in [-0.39, 0.29) is 6.61 Å². The van der Waals surface area contributed by atoms with Crippen molar-refractivity contribution in [1.29, 1.82) is 0 Å². The second-order valence-electron chi connectivity index (χ2n) is 7.24. The van der Waals surface area contributed by atoms with E-state index in [1.54, 1.807) is 6.92 Å². The lowest BCUT2D eigenvalue weighted by Crippen LogP contribution is -2.43. The Kier molecular flexibility index (Phi) is 9.95. The number of hydrogen-bond acceptors (Lipinski definition) is 4. The van der Waals surface area contributed by atoms with Crippen LogP contribution in [0.25, 0.3) is 0 Å². The van der Waals surface area contributed by atoms with Crippen molar-refractivity contribution >= 4 is 20.5 Å². The van der Waals surface area contributed by atoms with Gasteiger partial charge in [-0.3, -0.25) is 0 Å². The summed E-state index contributed by atoms with van der Waals surface area (Å²) in [7, 11) is -2.29. The molecule has 0 aliphatic rings. The summed E-state index contributed by atoms with van der Waals surface area (Å²) in [6.45, 7) is 14.7. The van der Waals surface area contributed by atoms with Gasteiger partial charge in [-0.25, -0.2) is 9.59 Å². The van der Waals surface area contributed by atoms with Crippen molar-refractivity contribution in [3.8, 4) is 0 Å². The Bertz CT molecular complexity index is 382. The minimum Gasteiger partial charge on any atom is -0.501 e. The summed E-state index contributed by atoms with van der Waals surface area (Å²) in [4.78, 5) is 23.2. The number of rotatable bonds is 8. The van der Waals surface area contributed by atoms with E-state index in [0.717, 1.165) is 18.1 Å². The molecule has 0 unspecified atom stereocenters. The molecule has 0 radical (unpaired) electrons. The van der Waals surface area contributed by atoms with Crippen LogP contribution in [0.3, 0.4) is 0 Å². The Labute approximate surface area is 141 Å². The van der Waals surface area contributed by atoms with E-state index in [9.17, 15) is 9.59 Å². The number of hydrogen-bond donors (Lipinski definition) is 0. The van der Waals surface area contributed by atoms with E-state index in [1.807, 2.05) is 0 Å². The summed E-state index contributed by atoms with van der Waals surface area (Å²) >= 11 is 0. The van der Waals surface area contributed by atoms with E-state index in [0.29, 0.717) is 17.8 Å². The van der Waals surface area contributed by atoms with Crippen LogP contribution >= 0.6 is 0 Å². The molecule has 6 nitrogen and oxygen atoms in total. The molecule has 0 aromatic carbocycles. The second-order valence-corrected chi connectivity index (χ2v) is 11.0. The number of ether oxygens (including phenoxy) is 1. The summed E-state index contributed by atoms with van der Waals surface area (Å²) in [5.41, 5.74) is 0. The number of carbonyl (C=O) groups is 2. The molecule has 0 saturated heterocycles. The monoisotopic (exact) mass is 344 g/mol. The van der Waals surface area contributed by atoms with Gasteiger partial charge in [0, 0.05) is 0 Å². The molecule has 0 aromatic heterocycles. The third-order valence-electron chi connectivity index (χ3n) is 3.13. The Hall–Kier alpha value is -1.24. The first-order valence-electron chi connectivity index (χ1n) is 8.41. The maximum atomic E-state index is 12.1. The van der Waals surface area contributed by atoms with Gasteiger partial charge in [0.1, 0.15) is 0 Å². The molecule has 0 bridgehead atoms. The van der Waals surface area contributed by atoms with Crippen molar-refractivity contribution in [2.24, 2.45) is 28.0 Å². The van der Waals surface area contributed by atoms with Crippen molar-refractivity contribution in [2.45, 2.75) is 66.6 Å². The topological polar surface area (TPSA) is 77.3 Å². The first kappa shape index (κ1) is 21.8. The fourth-order valence-corrected chi connectivity index (χ4v) is 8.67. The van der Waals surface area contributed by atoms with Crippen LogP contribution < -0.4 is 0 Å². The highest BCUT2D eigenvalue weighted by Gasteiger charge is 2.40. The van der Waals surface area contributed by atoms with Gasteiger partial charge >= 0.3 is 12.2 Å². The molecule has 0 spiro atoms. The minimum atomic E-state index is -2.29. The molecule has 7 heteroatoms. The minimum absolute atomic E-state index is 0.194. The molecular formula is C16H32N2O4Si. The number of azo groups is 1. The normalized spacial score (nSPS) is 12.4. The fourth-order valence-electron chi connectivity index (χ4n) is 3.05. The van der Waals surface area contributed by atoms with Crippen LogP contribution in [0.5, 0.6) is 0 Å². The van der Waals surface area contributed by atoms with Crippen LogP contribution in [-0.2, 0) is 9.16 Å². The van der Waals surface area contributed by atoms with Gasteiger partial charge in [0.15, 0.2) is 0 Å². The van der Waals surface area contributed by atoms with E-state index in [1.165, 1.54) is 0 Å². The van der Waals surface area contributed by atoms with Gasteiger partial charge in [0.2, 0.25) is 0 Å². The average molecular weight is 345 g/mol. The SMILES string of the molecule is CCOC(=O)/N=N/C(=O)O[Si](CC(C)C)(CC(C)C)CC(C)C. The molecule has 0 rings (SSSR count). The highest BCUT2D eigenvalue weighted by atomic mass is 28.4. The van der Waals surface area contributed by atoms with Crippen LogP contribution in [-0.4, -0.2) is 27.1 Å². The zero-order valence-electron chi connectivity index (χ0n) is 15.6. The zero-order chi connectivity index (χ0) is 18.0. The van der Waals surface area contributed by atoms with Crippen LogP contribution in [0.15, 0.2) is 10.2 Å². The van der Waals surface area contributed by atoms with Gasteiger partial charge in [-0.05, 0) is 42.8 Å². The number of carbonyl (C=O) groups excluding carboxylic acids is 2. The third kappa shape index (κ3) is 10.2. The van der Waals surface area contributed by atoms with Gasteiger partial charge < -0.3 is 9.16 Å². The number of amides is 2. The largest absolute Gasteiger partial charge is 0.501 e. The van der Waals surface area contributed by atoms with Gasteiger partial charge in [-0.2, -0.15) is 0 Å². The van der Waals surface area contributed by atoms with Crippen molar-refractivity contribution in [3.63, 3.8) is 0 Å². The molecule has 0 saturated carbocycles. The maximum absolute atomic E-state index is 12.1. The second kappa shape index (κ2) is 10.5. The Balaban J connectivity index is 5.16. The summed E-state index contributed by atoms with van der Waals surface area (Å²) < 4.78 is 10.5. The van der Waals surface area contributed by atoms with Crippen LogP contribution in [0, 0.1) is 17.8 Å². The predicted octanol–water partition coefficient (Wildman–Crippen LogP) is 5.65. The lowest BCUT2D eigenvalue weighted by atomic mass is 10.2. The average Bonchev–Trinajstić information content (AvgIpc) is 2.33. The Morgan fingerprint density at radius 2 is 1.22 bits per heavy atom. The zero-order valence-corrected chi connectivity index (χ0v) is 16.6. The van der Waals surface area contributed by atoms with Gasteiger partial charge in [0.05, 0.1) is 6.61 Å². The summed E-state index contributed by atoms with van der Waals surface area (Å²) in [6, 6.07) is 2.68. The molecule has 0 aliphatic heterocycles. The van der Waals surface area contributed by atoms with E-state index in [2.05, 4.69) is 56.5 Å². The summed E-state index contributed by atoms with van der Waals surface area (Å²) in [5.74, 6) is 1.32. The van der Waals surface area contributed by atoms with Crippen LogP contribution in [0.1, 0.15) is 48.5 Å². The molecule has 0 atom stereocenters. The summed E-state index contributed by atoms with van der Waals surface area (Å²) in [5, 5.41) is 6.62. The molecular weight excluding hydrogens is 312 g/mol. The predicted molar refractivity (Wildman–Crippen MR) is 93.0 cm³/mol. The molecule has 2 amide bonds. The third-order valence-corrected chi connectivity index (χ3v) is 8.41. The Morgan fingerprint density at radius 3 is 1.57 bits per heavy atom. The highest BCUT2D eigenvalue weighted by Crippen LogP contribution is 2.33. The highest BCUT2D eigenvalue weighted by molar-refractivity contribution is 6.75. The summed E-state index contributed by atoms with van der Waals surface area (Å²) in [6.07, 6.45) is -1.64. The van der Waals surface area contributed by atoms with Crippen molar-refractivity contribution in [1.82, 2.24) is 0 Å². The van der Waals surface area contributed by atoms with Crippen molar-refractivity contribution in [2.75, 3.05) is 6.61 Å². The standard InChI is InChI=1S/C16H32N2O4Si/c1-8-21-15(19)17-18-16(20)22-23(9-12(2)3,10-13(4)5)11-14(6)7/h12-14H,8-11H2,1-7H3/b18-17+. The molecule has 134 valence electrons. The molecule has 0 aromatic rings. The first-order chi connectivity index (χ1) is 10.6. The molecule has 0 fully saturated rings.